The first kappa shape index (κ1) is 14.1. The first-order valence-electron chi connectivity index (χ1n) is 7.79. The predicted molar refractivity (Wildman–Crippen MR) is 84.6 cm³/mol. The Labute approximate surface area is 126 Å². The molecule has 0 N–H and O–H groups in total. The van der Waals surface area contributed by atoms with Crippen LogP contribution in [0.5, 0.6) is 11.6 Å². The van der Waals surface area contributed by atoms with Crippen LogP contribution in [0, 0.1) is 0 Å². The fraction of sp³-hybridized carbons (Fsp3) is 0.389. The number of pyridine rings is 1. The van der Waals surface area contributed by atoms with Gasteiger partial charge in [-0.1, -0.05) is 31.2 Å². The van der Waals surface area contributed by atoms with Crippen LogP contribution in [-0.2, 0) is 0 Å². The van der Waals surface area contributed by atoms with Crippen molar-refractivity contribution in [2.45, 2.75) is 32.2 Å². The molecule has 1 saturated heterocycles. The van der Waals surface area contributed by atoms with E-state index >= 15 is 0 Å². The number of aromatic nitrogens is 1. The number of hydrogen-bond donors (Lipinski definition) is 0. The summed E-state index contributed by atoms with van der Waals surface area (Å²) in [5, 5.41) is 0. The fourth-order valence-electron chi connectivity index (χ4n) is 3.02. The van der Waals surface area contributed by atoms with Crippen LogP contribution in [0.25, 0.3) is 0 Å². The monoisotopic (exact) mass is 282 g/mol. The van der Waals surface area contributed by atoms with E-state index in [-0.39, 0.29) is 0 Å². The minimum atomic E-state index is 0.531. The van der Waals surface area contributed by atoms with Crippen LogP contribution in [0.1, 0.15) is 37.8 Å². The summed E-state index contributed by atoms with van der Waals surface area (Å²) in [5.74, 6) is 1.48. The van der Waals surface area contributed by atoms with Gasteiger partial charge >= 0.3 is 0 Å². The second kappa shape index (κ2) is 6.72. The van der Waals surface area contributed by atoms with E-state index in [0.29, 0.717) is 11.9 Å². The Morgan fingerprint density at radius 1 is 1.19 bits per heavy atom. The topological polar surface area (TPSA) is 25.4 Å². The standard InChI is InChI=1S/C18H22N2O/c1-2-12-20-13-6-9-17(20)15-10-11-18(19-14-15)21-16-7-4-3-5-8-16/h3-5,7-8,10-11,14,17H,2,6,9,12-13H2,1H3. The maximum atomic E-state index is 5.75. The van der Waals surface area contributed by atoms with Crippen LogP contribution in [0.3, 0.4) is 0 Å². The smallest absolute Gasteiger partial charge is 0.219 e. The molecular weight excluding hydrogens is 260 g/mol. The highest BCUT2D eigenvalue weighted by atomic mass is 16.5. The third-order valence-corrected chi connectivity index (χ3v) is 3.98. The number of para-hydroxylation sites is 1. The molecule has 0 radical (unpaired) electrons. The van der Waals surface area contributed by atoms with E-state index in [0.717, 1.165) is 5.75 Å². The maximum Gasteiger partial charge on any atom is 0.219 e. The lowest BCUT2D eigenvalue weighted by Gasteiger charge is -2.23. The van der Waals surface area contributed by atoms with Crippen LogP contribution in [0.4, 0.5) is 0 Å². The van der Waals surface area contributed by atoms with Crippen LogP contribution >= 0.6 is 0 Å². The van der Waals surface area contributed by atoms with Gasteiger partial charge in [0.25, 0.3) is 0 Å². The second-order valence-corrected chi connectivity index (χ2v) is 5.54. The third kappa shape index (κ3) is 3.42. The van der Waals surface area contributed by atoms with Crippen molar-refractivity contribution in [1.29, 1.82) is 0 Å². The zero-order valence-corrected chi connectivity index (χ0v) is 12.5. The molecule has 1 aliphatic rings. The zero-order valence-electron chi connectivity index (χ0n) is 12.5. The Balaban J connectivity index is 1.69. The lowest BCUT2D eigenvalue weighted by molar-refractivity contribution is 0.257. The molecule has 3 rings (SSSR count). The molecule has 1 fully saturated rings. The summed E-state index contributed by atoms with van der Waals surface area (Å²) < 4.78 is 5.75. The van der Waals surface area contributed by atoms with E-state index in [9.17, 15) is 0 Å². The first-order valence-corrected chi connectivity index (χ1v) is 7.79. The van der Waals surface area contributed by atoms with Crippen molar-refractivity contribution in [2.24, 2.45) is 0 Å². The van der Waals surface area contributed by atoms with Crippen LogP contribution in [-0.4, -0.2) is 23.0 Å². The van der Waals surface area contributed by atoms with Crippen molar-refractivity contribution in [3.8, 4) is 11.6 Å². The van der Waals surface area contributed by atoms with Crippen LogP contribution in [0.15, 0.2) is 48.7 Å². The minimum Gasteiger partial charge on any atom is -0.439 e. The maximum absolute atomic E-state index is 5.75. The number of nitrogens with zero attached hydrogens (tertiary/aromatic N) is 2. The summed E-state index contributed by atoms with van der Waals surface area (Å²) in [6.45, 7) is 4.62. The molecule has 1 aromatic heterocycles. The van der Waals surface area contributed by atoms with E-state index in [2.05, 4.69) is 22.9 Å². The van der Waals surface area contributed by atoms with Gasteiger partial charge < -0.3 is 4.74 Å². The SMILES string of the molecule is CCCN1CCCC1c1ccc(Oc2ccccc2)nc1. The lowest BCUT2D eigenvalue weighted by Crippen LogP contribution is -2.24. The number of ether oxygens (including phenoxy) is 1. The molecule has 0 amide bonds. The number of likely N-dealkylation sites (tertiary alicyclic amines) is 1. The molecule has 0 aliphatic carbocycles. The van der Waals surface area contributed by atoms with Crippen molar-refractivity contribution < 1.29 is 4.74 Å². The summed E-state index contributed by atoms with van der Waals surface area (Å²) in [7, 11) is 0. The molecular formula is C18H22N2O. The van der Waals surface area contributed by atoms with Gasteiger partial charge in [0.2, 0.25) is 5.88 Å². The zero-order chi connectivity index (χ0) is 14.5. The molecule has 3 nitrogen and oxygen atoms in total. The van der Waals surface area contributed by atoms with Crippen LogP contribution in [0.2, 0.25) is 0 Å². The number of benzene rings is 1. The molecule has 21 heavy (non-hydrogen) atoms. The quantitative estimate of drug-likeness (QED) is 0.811. The van der Waals surface area contributed by atoms with E-state index < -0.39 is 0 Å². The summed E-state index contributed by atoms with van der Waals surface area (Å²) in [5.41, 5.74) is 1.31. The Kier molecular flexibility index (Phi) is 4.51. The van der Waals surface area contributed by atoms with Gasteiger partial charge in [-0.2, -0.15) is 0 Å². The Hall–Kier alpha value is -1.87. The van der Waals surface area contributed by atoms with Crippen molar-refractivity contribution in [1.82, 2.24) is 9.88 Å². The van der Waals surface area contributed by atoms with Gasteiger partial charge in [-0.05, 0) is 50.0 Å². The summed E-state index contributed by atoms with van der Waals surface area (Å²) in [4.78, 5) is 7.03. The Morgan fingerprint density at radius 2 is 2.05 bits per heavy atom. The minimum absolute atomic E-state index is 0.531. The molecule has 2 heterocycles. The third-order valence-electron chi connectivity index (χ3n) is 3.98. The summed E-state index contributed by atoms with van der Waals surface area (Å²) >= 11 is 0. The largest absolute Gasteiger partial charge is 0.439 e. The van der Waals surface area contributed by atoms with Crippen molar-refractivity contribution in [2.75, 3.05) is 13.1 Å². The average molecular weight is 282 g/mol. The highest BCUT2D eigenvalue weighted by Gasteiger charge is 2.25. The number of rotatable bonds is 5. The molecule has 0 spiro atoms. The fourth-order valence-corrected chi connectivity index (χ4v) is 3.02. The molecule has 1 aliphatic heterocycles. The van der Waals surface area contributed by atoms with Crippen LogP contribution < -0.4 is 4.74 Å². The highest BCUT2D eigenvalue weighted by Crippen LogP contribution is 2.32. The lowest BCUT2D eigenvalue weighted by atomic mass is 10.1. The van der Waals surface area contributed by atoms with Gasteiger partial charge in [-0.3, -0.25) is 4.90 Å². The van der Waals surface area contributed by atoms with E-state index in [1.54, 1.807) is 0 Å². The molecule has 1 atom stereocenters. The molecule has 0 bridgehead atoms. The molecule has 3 heteroatoms. The molecule has 1 unspecified atom stereocenters. The van der Waals surface area contributed by atoms with Gasteiger partial charge in [0.15, 0.2) is 0 Å². The average Bonchev–Trinajstić information content (AvgIpc) is 2.98. The Bertz CT molecular complexity index is 553. The van der Waals surface area contributed by atoms with Gasteiger partial charge in [-0.15, -0.1) is 0 Å². The molecule has 0 saturated carbocycles. The summed E-state index contributed by atoms with van der Waals surface area (Å²) in [6, 6.07) is 14.4. The second-order valence-electron chi connectivity index (χ2n) is 5.54. The first-order chi connectivity index (χ1) is 10.4. The van der Waals surface area contributed by atoms with Crippen molar-refractivity contribution in [3.63, 3.8) is 0 Å². The highest BCUT2D eigenvalue weighted by molar-refractivity contribution is 5.28. The van der Waals surface area contributed by atoms with Crippen molar-refractivity contribution >= 4 is 0 Å². The van der Waals surface area contributed by atoms with Gasteiger partial charge in [0.05, 0.1) is 0 Å². The molecule has 1 aromatic carbocycles. The predicted octanol–water partition coefficient (Wildman–Crippen LogP) is 4.42. The normalized spacial score (nSPS) is 18.8. The molecule has 2 aromatic rings. The summed E-state index contributed by atoms with van der Waals surface area (Å²) in [6.07, 6.45) is 5.70. The van der Waals surface area contributed by atoms with E-state index in [1.807, 2.05) is 42.6 Å². The van der Waals surface area contributed by atoms with E-state index in [4.69, 9.17) is 4.74 Å². The Morgan fingerprint density at radius 3 is 2.76 bits per heavy atom. The van der Waals surface area contributed by atoms with Gasteiger partial charge in [0, 0.05) is 18.3 Å². The molecule has 110 valence electrons. The van der Waals surface area contributed by atoms with Crippen molar-refractivity contribution in [3.05, 3.63) is 54.2 Å². The number of hydrogen-bond acceptors (Lipinski definition) is 3. The van der Waals surface area contributed by atoms with Gasteiger partial charge in [0.1, 0.15) is 5.75 Å². The van der Waals surface area contributed by atoms with Gasteiger partial charge in [-0.25, -0.2) is 4.98 Å². The van der Waals surface area contributed by atoms with E-state index in [1.165, 1.54) is 37.9 Å².